The minimum atomic E-state index is -0.865. The summed E-state index contributed by atoms with van der Waals surface area (Å²) < 4.78 is 0. The van der Waals surface area contributed by atoms with Crippen LogP contribution in [0.1, 0.15) is 70.7 Å². The first-order valence-electron chi connectivity index (χ1n) is 7.04. The number of carboxylic acid groups (broad SMARTS) is 1. The molecular formula is C17H27NO2. The van der Waals surface area contributed by atoms with Crippen LogP contribution in [-0.4, -0.2) is 11.1 Å². The van der Waals surface area contributed by atoms with Crippen molar-refractivity contribution in [3.05, 3.63) is 34.9 Å². The molecule has 20 heavy (non-hydrogen) atoms. The van der Waals surface area contributed by atoms with Gasteiger partial charge in [-0.1, -0.05) is 59.7 Å². The predicted octanol–water partition coefficient (Wildman–Crippen LogP) is 3.76. The summed E-state index contributed by atoms with van der Waals surface area (Å²) >= 11 is 0. The fourth-order valence-corrected chi connectivity index (χ4v) is 2.04. The van der Waals surface area contributed by atoms with Crippen LogP contribution in [0.15, 0.2) is 18.2 Å². The lowest BCUT2D eigenvalue weighted by molar-refractivity contribution is -0.137. The summed E-state index contributed by atoms with van der Waals surface area (Å²) in [5.74, 6) is -0.865. The highest BCUT2D eigenvalue weighted by Gasteiger charge is 2.22. The Labute approximate surface area is 122 Å². The number of benzene rings is 1. The molecule has 1 aromatic carbocycles. The highest BCUT2D eigenvalue weighted by Crippen LogP contribution is 2.32. The van der Waals surface area contributed by atoms with Crippen LogP contribution in [0.25, 0.3) is 0 Å². The van der Waals surface area contributed by atoms with Crippen molar-refractivity contribution in [2.75, 3.05) is 0 Å². The SMILES string of the molecule is CC(C)(C)c1cc([C@H](N)CC(=O)O)cc(C(C)(C)C)c1. The molecule has 0 bridgehead atoms. The minimum Gasteiger partial charge on any atom is -0.481 e. The molecule has 3 N–H and O–H groups in total. The summed E-state index contributed by atoms with van der Waals surface area (Å²) in [5, 5.41) is 8.92. The Morgan fingerprint density at radius 3 is 1.75 bits per heavy atom. The van der Waals surface area contributed by atoms with E-state index < -0.39 is 12.0 Å². The molecule has 0 aliphatic rings. The molecule has 0 aromatic heterocycles. The average Bonchev–Trinajstić information content (AvgIpc) is 2.25. The van der Waals surface area contributed by atoms with Crippen molar-refractivity contribution in [3.8, 4) is 0 Å². The number of carboxylic acids is 1. The molecule has 112 valence electrons. The Balaban J connectivity index is 3.34. The molecule has 0 heterocycles. The van der Waals surface area contributed by atoms with Gasteiger partial charge in [-0.2, -0.15) is 0 Å². The third kappa shape index (κ3) is 4.34. The normalized spacial score (nSPS) is 14.2. The van der Waals surface area contributed by atoms with Crippen LogP contribution in [0.3, 0.4) is 0 Å². The maximum atomic E-state index is 10.9. The lowest BCUT2D eigenvalue weighted by Gasteiger charge is -2.27. The van der Waals surface area contributed by atoms with Gasteiger partial charge in [0.05, 0.1) is 6.42 Å². The van der Waals surface area contributed by atoms with Crippen molar-refractivity contribution in [3.63, 3.8) is 0 Å². The Morgan fingerprint density at radius 2 is 1.45 bits per heavy atom. The Bertz CT molecular complexity index is 460. The Kier molecular flexibility index (Phi) is 4.65. The zero-order valence-corrected chi connectivity index (χ0v) is 13.4. The van der Waals surface area contributed by atoms with Crippen LogP contribution < -0.4 is 5.73 Å². The van der Waals surface area contributed by atoms with Crippen molar-refractivity contribution in [2.45, 2.75) is 64.8 Å². The Hall–Kier alpha value is -1.35. The van der Waals surface area contributed by atoms with E-state index in [4.69, 9.17) is 10.8 Å². The summed E-state index contributed by atoms with van der Waals surface area (Å²) in [6, 6.07) is 5.83. The molecule has 0 aliphatic heterocycles. The molecule has 0 unspecified atom stereocenters. The van der Waals surface area contributed by atoms with Gasteiger partial charge in [-0.15, -0.1) is 0 Å². The zero-order chi connectivity index (χ0) is 15.7. The van der Waals surface area contributed by atoms with Crippen molar-refractivity contribution >= 4 is 5.97 Å². The number of hydrogen-bond acceptors (Lipinski definition) is 2. The standard InChI is InChI=1S/C17H27NO2/c1-16(2,3)12-7-11(14(18)10-15(19)20)8-13(9-12)17(4,5)6/h7-9,14H,10,18H2,1-6H3,(H,19,20)/t14-/m1/s1. The summed E-state index contributed by atoms with van der Waals surface area (Å²) in [7, 11) is 0. The number of rotatable bonds is 3. The van der Waals surface area contributed by atoms with Crippen molar-refractivity contribution in [1.29, 1.82) is 0 Å². The first-order valence-corrected chi connectivity index (χ1v) is 7.04. The van der Waals surface area contributed by atoms with Crippen LogP contribution in [-0.2, 0) is 15.6 Å². The third-order valence-electron chi connectivity index (χ3n) is 3.51. The van der Waals surface area contributed by atoms with E-state index in [0.29, 0.717) is 0 Å². The van der Waals surface area contributed by atoms with Crippen molar-refractivity contribution in [2.24, 2.45) is 5.73 Å². The molecule has 3 heteroatoms. The fourth-order valence-electron chi connectivity index (χ4n) is 2.04. The fraction of sp³-hybridized carbons (Fsp3) is 0.588. The molecule has 0 radical (unpaired) electrons. The van der Waals surface area contributed by atoms with Gasteiger partial charge in [-0.05, 0) is 27.5 Å². The lowest BCUT2D eigenvalue weighted by Crippen LogP contribution is -2.20. The molecule has 1 rings (SSSR count). The summed E-state index contributed by atoms with van der Waals surface area (Å²) in [6.45, 7) is 12.9. The van der Waals surface area contributed by atoms with Crippen LogP contribution in [0.2, 0.25) is 0 Å². The first kappa shape index (κ1) is 16.7. The topological polar surface area (TPSA) is 63.3 Å². The molecule has 0 fully saturated rings. The second-order valence-corrected chi connectivity index (χ2v) is 7.55. The van der Waals surface area contributed by atoms with Gasteiger partial charge in [0.2, 0.25) is 0 Å². The summed E-state index contributed by atoms with van der Waals surface area (Å²) in [5.41, 5.74) is 9.36. The molecule has 1 aromatic rings. The minimum absolute atomic E-state index is 0.0129. The number of carbonyl (C=O) groups is 1. The molecule has 0 amide bonds. The average molecular weight is 277 g/mol. The van der Waals surface area contributed by atoms with Gasteiger partial charge in [0.1, 0.15) is 0 Å². The number of aliphatic carboxylic acids is 1. The lowest BCUT2D eigenvalue weighted by atomic mass is 9.78. The smallest absolute Gasteiger partial charge is 0.305 e. The van der Waals surface area contributed by atoms with E-state index in [9.17, 15) is 4.79 Å². The largest absolute Gasteiger partial charge is 0.481 e. The van der Waals surface area contributed by atoms with E-state index in [2.05, 4.69) is 47.6 Å². The van der Waals surface area contributed by atoms with Gasteiger partial charge >= 0.3 is 5.97 Å². The third-order valence-corrected chi connectivity index (χ3v) is 3.51. The number of hydrogen-bond donors (Lipinski definition) is 2. The van der Waals surface area contributed by atoms with Gasteiger partial charge in [0.15, 0.2) is 0 Å². The van der Waals surface area contributed by atoms with E-state index in [0.717, 1.165) is 5.56 Å². The van der Waals surface area contributed by atoms with Gasteiger partial charge in [0.25, 0.3) is 0 Å². The second kappa shape index (κ2) is 5.57. The maximum absolute atomic E-state index is 10.9. The van der Waals surface area contributed by atoms with E-state index >= 15 is 0 Å². The quantitative estimate of drug-likeness (QED) is 0.884. The van der Waals surface area contributed by atoms with E-state index in [-0.39, 0.29) is 17.3 Å². The Morgan fingerprint density at radius 1 is 1.05 bits per heavy atom. The molecule has 0 saturated carbocycles. The van der Waals surface area contributed by atoms with Gasteiger partial charge in [0, 0.05) is 6.04 Å². The maximum Gasteiger partial charge on any atom is 0.305 e. The predicted molar refractivity (Wildman–Crippen MR) is 83.0 cm³/mol. The molecule has 0 saturated heterocycles. The highest BCUT2D eigenvalue weighted by molar-refractivity contribution is 5.68. The van der Waals surface area contributed by atoms with Gasteiger partial charge in [-0.25, -0.2) is 0 Å². The second-order valence-electron chi connectivity index (χ2n) is 7.55. The molecule has 3 nitrogen and oxygen atoms in total. The highest BCUT2D eigenvalue weighted by atomic mass is 16.4. The summed E-state index contributed by atoms with van der Waals surface area (Å²) in [6.07, 6.45) is -0.0445. The first-order chi connectivity index (χ1) is 8.91. The van der Waals surface area contributed by atoms with E-state index in [1.165, 1.54) is 11.1 Å². The monoisotopic (exact) mass is 277 g/mol. The van der Waals surface area contributed by atoms with Crippen molar-refractivity contribution < 1.29 is 9.90 Å². The zero-order valence-electron chi connectivity index (χ0n) is 13.4. The van der Waals surface area contributed by atoms with Crippen molar-refractivity contribution in [1.82, 2.24) is 0 Å². The van der Waals surface area contributed by atoms with Crippen LogP contribution >= 0.6 is 0 Å². The van der Waals surface area contributed by atoms with Crippen LogP contribution in [0, 0.1) is 0 Å². The summed E-state index contributed by atoms with van der Waals surface area (Å²) in [4.78, 5) is 10.9. The van der Waals surface area contributed by atoms with Gasteiger partial charge < -0.3 is 10.8 Å². The number of nitrogens with two attached hydrogens (primary N) is 1. The molecule has 1 atom stereocenters. The van der Waals surface area contributed by atoms with Crippen LogP contribution in [0.4, 0.5) is 0 Å². The molecule has 0 spiro atoms. The molecular weight excluding hydrogens is 250 g/mol. The molecule has 0 aliphatic carbocycles. The van der Waals surface area contributed by atoms with Gasteiger partial charge in [-0.3, -0.25) is 4.79 Å². The van der Waals surface area contributed by atoms with Crippen LogP contribution in [0.5, 0.6) is 0 Å². The van der Waals surface area contributed by atoms with E-state index in [1.807, 2.05) is 12.1 Å². The van der Waals surface area contributed by atoms with E-state index in [1.54, 1.807) is 0 Å².